The minimum Gasteiger partial charge on any atom is -0.246 e. The topological polar surface area (TPSA) is 38.7 Å². The highest BCUT2D eigenvalue weighted by Crippen LogP contribution is 2.20. The van der Waals surface area contributed by atoms with Crippen molar-refractivity contribution in [1.82, 2.24) is 15.0 Å². The average Bonchev–Trinajstić information content (AvgIpc) is 2.60. The van der Waals surface area contributed by atoms with Gasteiger partial charge in [0.25, 0.3) is 0 Å². The number of aromatic nitrogens is 3. The third-order valence-corrected chi connectivity index (χ3v) is 3.26. The molecule has 0 aliphatic rings. The highest BCUT2D eigenvalue weighted by Gasteiger charge is 2.12. The zero-order chi connectivity index (χ0) is 11.7. The van der Waals surface area contributed by atoms with Crippen molar-refractivity contribution in [3.63, 3.8) is 0 Å². The lowest BCUT2D eigenvalue weighted by atomic mass is 10.4. The molecule has 2 rings (SSSR count). The zero-order valence-corrected chi connectivity index (χ0v) is 10.5. The first-order valence-corrected chi connectivity index (χ1v) is 5.98. The van der Waals surface area contributed by atoms with E-state index in [-0.39, 0.29) is 10.3 Å². The Hall–Kier alpha value is -0.780. The van der Waals surface area contributed by atoms with Gasteiger partial charge in [0.2, 0.25) is 0 Å². The van der Waals surface area contributed by atoms with Crippen molar-refractivity contribution in [1.29, 1.82) is 0 Å². The smallest absolute Gasteiger partial charge is 0.197 e. The Morgan fingerprint density at radius 2 is 1.88 bits per heavy atom. The molecule has 0 aliphatic carbocycles. The van der Waals surface area contributed by atoms with Gasteiger partial charge in [-0.3, -0.25) is 0 Å². The minimum absolute atomic E-state index is 0.261. The molecule has 2 heterocycles. The molecule has 0 fully saturated rings. The minimum atomic E-state index is -0.789. The van der Waals surface area contributed by atoms with Gasteiger partial charge in [0.15, 0.2) is 16.1 Å². The molecule has 7 heteroatoms. The first-order chi connectivity index (χ1) is 7.56. The number of hydrogen-bond donors (Lipinski definition) is 0. The fourth-order valence-electron chi connectivity index (χ4n) is 1.13. The van der Waals surface area contributed by atoms with E-state index in [1.807, 2.05) is 12.3 Å². The van der Waals surface area contributed by atoms with Crippen molar-refractivity contribution in [2.75, 3.05) is 0 Å². The largest absolute Gasteiger partial charge is 0.246 e. The van der Waals surface area contributed by atoms with Crippen molar-refractivity contribution < 1.29 is 4.39 Å². The van der Waals surface area contributed by atoms with Gasteiger partial charge in [-0.05, 0) is 6.92 Å². The van der Waals surface area contributed by atoms with Crippen LogP contribution in [0.4, 0.5) is 4.39 Å². The van der Waals surface area contributed by atoms with E-state index >= 15 is 0 Å². The summed E-state index contributed by atoms with van der Waals surface area (Å²) in [6, 6.07) is 0. The lowest BCUT2D eigenvalue weighted by molar-refractivity contribution is 0.610. The number of nitrogens with zero attached hydrogens (tertiary/aromatic N) is 3. The van der Waals surface area contributed by atoms with Crippen LogP contribution in [0.25, 0.3) is 0 Å². The summed E-state index contributed by atoms with van der Waals surface area (Å²) in [6.07, 6.45) is 0.401. The summed E-state index contributed by atoms with van der Waals surface area (Å²) in [5.74, 6) is -0.423. The first-order valence-electron chi connectivity index (χ1n) is 4.34. The number of hydrogen-bond acceptors (Lipinski definition) is 4. The van der Waals surface area contributed by atoms with Crippen LogP contribution in [-0.4, -0.2) is 15.0 Å². The van der Waals surface area contributed by atoms with Crippen LogP contribution in [0.5, 0.6) is 0 Å². The molecule has 0 amide bonds. The Morgan fingerprint density at radius 1 is 1.25 bits per heavy atom. The highest BCUT2D eigenvalue weighted by molar-refractivity contribution is 7.09. The number of aryl methyl sites for hydroxylation is 1. The quantitative estimate of drug-likeness (QED) is 0.791. The van der Waals surface area contributed by atoms with E-state index in [0.717, 1.165) is 10.7 Å². The van der Waals surface area contributed by atoms with Gasteiger partial charge in [-0.25, -0.2) is 19.3 Å². The number of rotatable bonds is 2. The van der Waals surface area contributed by atoms with E-state index in [1.165, 1.54) is 11.3 Å². The van der Waals surface area contributed by atoms with Crippen LogP contribution in [0.1, 0.15) is 16.5 Å². The molecule has 0 atom stereocenters. The second kappa shape index (κ2) is 4.61. The van der Waals surface area contributed by atoms with Crippen LogP contribution in [0.15, 0.2) is 5.38 Å². The lowest BCUT2D eigenvalue weighted by Gasteiger charge is -2.00. The predicted molar refractivity (Wildman–Crippen MR) is 61.7 cm³/mol. The van der Waals surface area contributed by atoms with Crippen molar-refractivity contribution in [3.8, 4) is 0 Å². The van der Waals surface area contributed by atoms with Gasteiger partial charge in [0.1, 0.15) is 10.8 Å². The summed E-state index contributed by atoms with van der Waals surface area (Å²) in [6.45, 7) is 1.89. The van der Waals surface area contributed by atoms with Gasteiger partial charge in [-0.15, -0.1) is 11.3 Å². The Morgan fingerprint density at radius 3 is 2.38 bits per heavy atom. The second-order valence-corrected chi connectivity index (χ2v) is 4.75. The van der Waals surface area contributed by atoms with Gasteiger partial charge >= 0.3 is 0 Å². The van der Waals surface area contributed by atoms with E-state index in [4.69, 9.17) is 23.2 Å². The first kappa shape index (κ1) is 11.7. The van der Waals surface area contributed by atoms with E-state index in [9.17, 15) is 4.39 Å². The SMILES string of the molecule is Cc1csc(Cc2nc(Cl)c(F)c(Cl)n2)n1. The maximum absolute atomic E-state index is 13.1. The predicted octanol–water partition coefficient (Wildman–Crippen LogP) is 3.28. The average molecular weight is 278 g/mol. The zero-order valence-electron chi connectivity index (χ0n) is 8.17. The molecule has 2 aromatic rings. The van der Waals surface area contributed by atoms with Gasteiger partial charge in [0.05, 0.1) is 6.42 Å². The fourth-order valence-corrected chi connectivity index (χ4v) is 2.32. The van der Waals surface area contributed by atoms with Crippen LogP contribution in [0.2, 0.25) is 10.3 Å². The summed E-state index contributed by atoms with van der Waals surface area (Å²) in [4.78, 5) is 11.8. The van der Waals surface area contributed by atoms with Gasteiger partial charge < -0.3 is 0 Å². The summed E-state index contributed by atoms with van der Waals surface area (Å²) in [5, 5.41) is 2.24. The molecular formula is C9H6Cl2FN3S. The molecule has 2 aromatic heterocycles. The number of halogens is 3. The molecule has 0 spiro atoms. The van der Waals surface area contributed by atoms with Crippen LogP contribution < -0.4 is 0 Å². The maximum Gasteiger partial charge on any atom is 0.197 e. The van der Waals surface area contributed by atoms with Crippen molar-refractivity contribution in [2.24, 2.45) is 0 Å². The van der Waals surface area contributed by atoms with Crippen molar-refractivity contribution in [3.05, 3.63) is 38.0 Å². The summed E-state index contributed by atoms with van der Waals surface area (Å²) in [7, 11) is 0. The van der Waals surface area contributed by atoms with Crippen molar-refractivity contribution >= 4 is 34.5 Å². The third kappa shape index (κ3) is 2.48. The Kier molecular flexibility index (Phi) is 3.37. The van der Waals surface area contributed by atoms with Crippen LogP contribution >= 0.6 is 34.5 Å². The van der Waals surface area contributed by atoms with Gasteiger partial charge in [-0.1, -0.05) is 23.2 Å². The highest BCUT2D eigenvalue weighted by atomic mass is 35.5. The van der Waals surface area contributed by atoms with Crippen molar-refractivity contribution in [2.45, 2.75) is 13.3 Å². The molecule has 0 radical (unpaired) electrons. The molecule has 0 N–H and O–H groups in total. The van der Waals surface area contributed by atoms with Crippen LogP contribution in [0, 0.1) is 12.7 Å². The molecule has 84 valence electrons. The molecule has 3 nitrogen and oxygen atoms in total. The second-order valence-electron chi connectivity index (χ2n) is 3.09. The fraction of sp³-hybridized carbons (Fsp3) is 0.222. The Labute approximate surface area is 105 Å². The maximum atomic E-state index is 13.1. The number of thiazole rings is 1. The molecule has 0 bridgehead atoms. The summed E-state index contributed by atoms with van der Waals surface area (Å²) >= 11 is 12.6. The van der Waals surface area contributed by atoms with E-state index < -0.39 is 5.82 Å². The molecule has 16 heavy (non-hydrogen) atoms. The monoisotopic (exact) mass is 277 g/mol. The van der Waals surface area contributed by atoms with E-state index in [1.54, 1.807) is 0 Å². The normalized spacial score (nSPS) is 10.8. The Balaban J connectivity index is 2.28. The molecule has 0 aromatic carbocycles. The summed E-state index contributed by atoms with van der Waals surface area (Å²) in [5.41, 5.74) is 0.930. The van der Waals surface area contributed by atoms with E-state index in [2.05, 4.69) is 15.0 Å². The summed E-state index contributed by atoms with van der Waals surface area (Å²) < 4.78 is 13.1. The molecule has 0 saturated heterocycles. The molecular weight excluding hydrogens is 272 g/mol. The third-order valence-electron chi connectivity index (χ3n) is 1.79. The molecule has 0 saturated carbocycles. The van der Waals surface area contributed by atoms with E-state index in [0.29, 0.717) is 12.2 Å². The lowest BCUT2D eigenvalue weighted by Crippen LogP contribution is -2.00. The van der Waals surface area contributed by atoms with Crippen LogP contribution in [-0.2, 0) is 6.42 Å². The van der Waals surface area contributed by atoms with Gasteiger partial charge in [-0.2, -0.15) is 0 Å². The standard InChI is InChI=1S/C9H6Cl2FN3S/c1-4-3-16-6(13-4)2-5-14-8(10)7(12)9(11)15-5/h3H,2H2,1H3. The molecule has 0 aliphatic heterocycles. The van der Waals surface area contributed by atoms with Gasteiger partial charge in [0, 0.05) is 11.1 Å². The van der Waals surface area contributed by atoms with Crippen LogP contribution in [0.3, 0.4) is 0 Å². The molecule has 0 unspecified atom stereocenters. The Bertz CT molecular complexity index is 506.